The molecule has 0 aliphatic carbocycles. The smallest absolute Gasteiger partial charge is 0.257 e. The summed E-state index contributed by atoms with van der Waals surface area (Å²) >= 11 is 17.4. The maximum absolute atomic E-state index is 12.0. The third-order valence-electron chi connectivity index (χ3n) is 2.07. The van der Waals surface area contributed by atoms with Crippen LogP contribution in [0.4, 0.5) is 5.69 Å². The Morgan fingerprint density at radius 3 is 2.72 bits per heavy atom. The maximum atomic E-state index is 12.0. The average molecular weight is 303 g/mol. The van der Waals surface area contributed by atoms with Gasteiger partial charge in [0, 0.05) is 12.4 Å². The molecule has 92 valence electrons. The van der Waals surface area contributed by atoms with Gasteiger partial charge in [-0.2, -0.15) is 0 Å². The predicted octanol–water partition coefficient (Wildman–Crippen LogP) is 3.69. The van der Waals surface area contributed by atoms with Crippen LogP contribution < -0.4 is 5.32 Å². The molecule has 0 aromatic carbocycles. The molecule has 0 aliphatic rings. The van der Waals surface area contributed by atoms with E-state index in [0.717, 1.165) is 0 Å². The molecule has 0 saturated heterocycles. The van der Waals surface area contributed by atoms with Crippen molar-refractivity contribution in [2.45, 2.75) is 0 Å². The van der Waals surface area contributed by atoms with Crippen molar-refractivity contribution in [2.75, 3.05) is 5.32 Å². The monoisotopic (exact) mass is 301 g/mol. The number of hydrogen-bond donors (Lipinski definition) is 1. The highest BCUT2D eigenvalue weighted by Crippen LogP contribution is 2.22. The van der Waals surface area contributed by atoms with Gasteiger partial charge in [-0.05, 0) is 18.2 Å². The summed E-state index contributed by atoms with van der Waals surface area (Å²) in [5, 5.41) is 3.17. The van der Waals surface area contributed by atoms with Gasteiger partial charge in [-0.25, -0.2) is 9.97 Å². The highest BCUT2D eigenvalue weighted by Gasteiger charge is 2.13. The fraction of sp³-hybridized carbons (Fsp3) is 0. The Labute approximate surface area is 118 Å². The van der Waals surface area contributed by atoms with Crippen LogP contribution in [0.1, 0.15) is 10.4 Å². The Morgan fingerprint density at radius 1 is 1.22 bits per heavy atom. The minimum absolute atomic E-state index is 0.182. The van der Waals surface area contributed by atoms with Crippen LogP contribution in [0, 0.1) is 0 Å². The number of rotatable bonds is 2. The summed E-state index contributed by atoms with van der Waals surface area (Å²) in [5.41, 5.74) is 0.616. The molecule has 0 spiro atoms. The molecule has 1 amide bonds. The zero-order valence-corrected chi connectivity index (χ0v) is 11.1. The lowest BCUT2D eigenvalue weighted by Crippen LogP contribution is -2.13. The molecule has 2 heterocycles. The lowest BCUT2D eigenvalue weighted by Gasteiger charge is -2.07. The number of amides is 1. The van der Waals surface area contributed by atoms with Crippen LogP contribution in [-0.4, -0.2) is 15.9 Å². The Balaban J connectivity index is 2.28. The predicted molar refractivity (Wildman–Crippen MR) is 71.5 cm³/mol. The zero-order chi connectivity index (χ0) is 13.1. The minimum Gasteiger partial charge on any atom is -0.319 e. The van der Waals surface area contributed by atoms with Crippen LogP contribution in [0.15, 0.2) is 30.6 Å². The molecule has 2 aromatic heterocycles. The van der Waals surface area contributed by atoms with Crippen LogP contribution in [-0.2, 0) is 0 Å². The first-order valence-corrected chi connectivity index (χ1v) is 5.94. The second-order valence-corrected chi connectivity index (χ2v) is 4.44. The first-order chi connectivity index (χ1) is 8.58. The Bertz CT molecular complexity index is 604. The third-order valence-corrected chi connectivity index (χ3v) is 2.88. The van der Waals surface area contributed by atoms with Crippen molar-refractivity contribution in [3.8, 4) is 0 Å². The van der Waals surface area contributed by atoms with Crippen molar-refractivity contribution in [3.63, 3.8) is 0 Å². The van der Waals surface area contributed by atoms with Crippen molar-refractivity contribution in [2.24, 2.45) is 0 Å². The summed E-state index contributed by atoms with van der Waals surface area (Å²) in [7, 11) is 0. The first-order valence-electron chi connectivity index (χ1n) is 4.81. The van der Waals surface area contributed by atoms with Gasteiger partial charge < -0.3 is 5.32 Å². The van der Waals surface area contributed by atoms with E-state index in [9.17, 15) is 4.79 Å². The van der Waals surface area contributed by atoms with E-state index in [0.29, 0.717) is 5.69 Å². The normalized spacial score (nSPS) is 10.2. The SMILES string of the molecule is O=C(Nc1cccnc1Cl)c1cc(Cl)ncc1Cl. The van der Waals surface area contributed by atoms with Gasteiger partial charge in [0.1, 0.15) is 5.15 Å². The number of aromatic nitrogens is 2. The summed E-state index contributed by atoms with van der Waals surface area (Å²) in [4.78, 5) is 19.6. The number of nitrogens with zero attached hydrogens (tertiary/aromatic N) is 2. The minimum atomic E-state index is -0.431. The molecule has 0 atom stereocenters. The van der Waals surface area contributed by atoms with Gasteiger partial charge in [-0.3, -0.25) is 4.79 Å². The van der Waals surface area contributed by atoms with Gasteiger partial charge in [-0.15, -0.1) is 0 Å². The van der Waals surface area contributed by atoms with E-state index in [1.165, 1.54) is 18.5 Å². The summed E-state index contributed by atoms with van der Waals surface area (Å²) in [6.07, 6.45) is 2.83. The van der Waals surface area contributed by atoms with Crippen molar-refractivity contribution in [1.29, 1.82) is 0 Å². The van der Waals surface area contributed by atoms with Crippen molar-refractivity contribution in [1.82, 2.24) is 9.97 Å². The van der Waals surface area contributed by atoms with Gasteiger partial charge in [0.25, 0.3) is 5.91 Å². The van der Waals surface area contributed by atoms with Crippen LogP contribution in [0.25, 0.3) is 0 Å². The molecule has 0 saturated carbocycles. The molecular weight excluding hydrogens is 296 g/mol. The third kappa shape index (κ3) is 2.90. The molecule has 4 nitrogen and oxygen atoms in total. The van der Waals surface area contributed by atoms with Crippen LogP contribution in [0.2, 0.25) is 15.3 Å². The Kier molecular flexibility index (Phi) is 4.01. The highest BCUT2D eigenvalue weighted by atomic mass is 35.5. The second kappa shape index (κ2) is 5.52. The van der Waals surface area contributed by atoms with E-state index in [4.69, 9.17) is 34.8 Å². The summed E-state index contributed by atoms with van der Waals surface area (Å²) in [5.74, 6) is -0.431. The quantitative estimate of drug-likeness (QED) is 0.861. The standard InChI is InChI=1S/C11H6Cl3N3O/c12-7-5-16-9(13)4-6(7)11(18)17-8-2-1-3-15-10(8)14/h1-5H,(H,17,18). The number of carbonyl (C=O) groups excluding carboxylic acids is 1. The summed E-state index contributed by atoms with van der Waals surface area (Å²) in [6, 6.07) is 4.66. The van der Waals surface area contributed by atoms with Crippen LogP contribution in [0.5, 0.6) is 0 Å². The van der Waals surface area contributed by atoms with E-state index in [-0.39, 0.29) is 20.9 Å². The van der Waals surface area contributed by atoms with Gasteiger partial charge in [-0.1, -0.05) is 34.8 Å². The maximum Gasteiger partial charge on any atom is 0.257 e. The fourth-order valence-corrected chi connectivity index (χ4v) is 1.77. The van der Waals surface area contributed by atoms with E-state index < -0.39 is 5.91 Å². The molecule has 2 rings (SSSR count). The molecule has 2 aromatic rings. The Hall–Kier alpha value is -1.36. The van der Waals surface area contributed by atoms with E-state index >= 15 is 0 Å². The van der Waals surface area contributed by atoms with E-state index in [2.05, 4.69) is 15.3 Å². The number of halogens is 3. The fourth-order valence-electron chi connectivity index (χ4n) is 1.26. The molecular formula is C11H6Cl3N3O. The average Bonchev–Trinajstić information content (AvgIpc) is 2.35. The molecule has 1 N–H and O–H groups in total. The second-order valence-electron chi connectivity index (χ2n) is 3.28. The number of anilines is 1. The van der Waals surface area contributed by atoms with Crippen molar-refractivity contribution >= 4 is 46.4 Å². The largest absolute Gasteiger partial charge is 0.319 e. The van der Waals surface area contributed by atoms with Crippen molar-refractivity contribution in [3.05, 3.63) is 51.5 Å². The molecule has 0 aliphatic heterocycles. The van der Waals surface area contributed by atoms with E-state index in [1.807, 2.05) is 0 Å². The number of pyridine rings is 2. The first kappa shape index (κ1) is 13.1. The van der Waals surface area contributed by atoms with Crippen LogP contribution in [0.3, 0.4) is 0 Å². The lowest BCUT2D eigenvalue weighted by molar-refractivity contribution is 0.102. The summed E-state index contributed by atoms with van der Waals surface area (Å²) < 4.78 is 0. The van der Waals surface area contributed by atoms with Gasteiger partial charge in [0.15, 0.2) is 5.15 Å². The summed E-state index contributed by atoms with van der Waals surface area (Å²) in [6.45, 7) is 0. The number of hydrogen-bond acceptors (Lipinski definition) is 3. The molecule has 0 unspecified atom stereocenters. The topological polar surface area (TPSA) is 54.9 Å². The number of carbonyl (C=O) groups is 1. The van der Waals surface area contributed by atoms with Crippen molar-refractivity contribution < 1.29 is 4.79 Å². The lowest BCUT2D eigenvalue weighted by atomic mass is 10.2. The molecule has 0 bridgehead atoms. The molecule has 0 fully saturated rings. The number of nitrogens with one attached hydrogen (secondary N) is 1. The van der Waals surface area contributed by atoms with Gasteiger partial charge >= 0.3 is 0 Å². The van der Waals surface area contributed by atoms with Gasteiger partial charge in [0.05, 0.1) is 16.3 Å². The zero-order valence-electron chi connectivity index (χ0n) is 8.82. The van der Waals surface area contributed by atoms with Crippen LogP contribution >= 0.6 is 34.8 Å². The molecule has 18 heavy (non-hydrogen) atoms. The Morgan fingerprint density at radius 2 is 2.00 bits per heavy atom. The highest BCUT2D eigenvalue weighted by molar-refractivity contribution is 6.36. The van der Waals surface area contributed by atoms with Gasteiger partial charge in [0.2, 0.25) is 0 Å². The molecule has 7 heteroatoms. The van der Waals surface area contributed by atoms with E-state index in [1.54, 1.807) is 12.1 Å². The molecule has 0 radical (unpaired) electrons.